The van der Waals surface area contributed by atoms with E-state index < -0.39 is 0 Å². The van der Waals surface area contributed by atoms with Crippen molar-refractivity contribution in [1.82, 2.24) is 10.4 Å². The number of rotatable bonds is 4. The zero-order valence-electron chi connectivity index (χ0n) is 10.2. The number of pyridine rings is 1. The van der Waals surface area contributed by atoms with Crippen molar-refractivity contribution < 1.29 is 0 Å². The van der Waals surface area contributed by atoms with Crippen LogP contribution in [0.2, 0.25) is 5.02 Å². The van der Waals surface area contributed by atoms with Crippen molar-refractivity contribution in [2.45, 2.75) is 19.4 Å². The van der Waals surface area contributed by atoms with Crippen LogP contribution in [-0.4, -0.2) is 4.98 Å². The number of nitrogens with two attached hydrogens (primary N) is 1. The molecule has 0 bridgehead atoms. The molecule has 0 amide bonds. The highest BCUT2D eigenvalue weighted by molar-refractivity contribution is 6.30. The second-order valence-corrected chi connectivity index (χ2v) is 4.53. The van der Waals surface area contributed by atoms with Crippen LogP contribution in [0.3, 0.4) is 0 Å². The van der Waals surface area contributed by atoms with Gasteiger partial charge < -0.3 is 0 Å². The first-order valence-electron chi connectivity index (χ1n) is 5.91. The lowest BCUT2D eigenvalue weighted by atomic mass is 10.0. The monoisotopic (exact) mass is 261 g/mol. The van der Waals surface area contributed by atoms with Gasteiger partial charge in [0, 0.05) is 6.20 Å². The molecule has 0 aliphatic rings. The molecule has 0 saturated carbocycles. The van der Waals surface area contributed by atoms with E-state index in [4.69, 9.17) is 17.4 Å². The fourth-order valence-electron chi connectivity index (χ4n) is 1.86. The van der Waals surface area contributed by atoms with Gasteiger partial charge in [0.1, 0.15) is 0 Å². The number of nitrogens with zero attached hydrogens (tertiary/aromatic N) is 1. The van der Waals surface area contributed by atoms with Crippen LogP contribution in [0.25, 0.3) is 0 Å². The Morgan fingerprint density at radius 1 is 1.22 bits per heavy atom. The molecule has 3 N–H and O–H groups in total. The first-order valence-corrected chi connectivity index (χ1v) is 6.28. The van der Waals surface area contributed by atoms with Crippen LogP contribution in [0.4, 0.5) is 0 Å². The van der Waals surface area contributed by atoms with E-state index in [0.717, 1.165) is 17.7 Å². The zero-order chi connectivity index (χ0) is 13.0. The van der Waals surface area contributed by atoms with Gasteiger partial charge in [0.25, 0.3) is 0 Å². The molecule has 3 nitrogen and oxygen atoms in total. The van der Waals surface area contributed by atoms with Crippen LogP contribution in [0, 0.1) is 0 Å². The summed E-state index contributed by atoms with van der Waals surface area (Å²) in [4.78, 5) is 4.29. The lowest BCUT2D eigenvalue weighted by Gasteiger charge is -2.16. The van der Waals surface area contributed by atoms with E-state index >= 15 is 0 Å². The number of nitrogens with one attached hydrogen (secondary N) is 1. The first-order chi connectivity index (χ1) is 8.74. The molecule has 1 aromatic heterocycles. The van der Waals surface area contributed by atoms with Gasteiger partial charge in [0.2, 0.25) is 0 Å². The summed E-state index contributed by atoms with van der Waals surface area (Å²) in [6, 6.07) is 11.9. The molecular formula is C14H16ClN3. The summed E-state index contributed by atoms with van der Waals surface area (Å²) < 4.78 is 0. The lowest BCUT2D eigenvalue weighted by Crippen LogP contribution is -2.29. The molecule has 2 rings (SSSR count). The van der Waals surface area contributed by atoms with E-state index in [1.165, 1.54) is 5.56 Å². The predicted molar refractivity (Wildman–Crippen MR) is 74.2 cm³/mol. The number of benzene rings is 1. The Bertz CT molecular complexity index is 493. The first kappa shape index (κ1) is 13.0. The molecular weight excluding hydrogens is 246 g/mol. The van der Waals surface area contributed by atoms with E-state index in [-0.39, 0.29) is 6.04 Å². The van der Waals surface area contributed by atoms with Gasteiger partial charge in [-0.25, -0.2) is 5.43 Å². The summed E-state index contributed by atoms with van der Waals surface area (Å²) in [5, 5.41) is 0.621. The molecule has 1 atom stereocenters. The Kier molecular flexibility index (Phi) is 4.31. The van der Waals surface area contributed by atoms with E-state index in [1.807, 2.05) is 12.1 Å². The van der Waals surface area contributed by atoms with Gasteiger partial charge in [0.15, 0.2) is 0 Å². The number of halogens is 1. The molecule has 0 aliphatic heterocycles. The molecule has 0 saturated heterocycles. The fraction of sp³-hybridized carbons (Fsp3) is 0.214. The van der Waals surface area contributed by atoms with Crippen molar-refractivity contribution in [3.8, 4) is 0 Å². The topological polar surface area (TPSA) is 50.9 Å². The summed E-state index contributed by atoms with van der Waals surface area (Å²) in [5.74, 6) is 5.62. The van der Waals surface area contributed by atoms with E-state index in [2.05, 4.69) is 41.6 Å². The summed E-state index contributed by atoms with van der Waals surface area (Å²) in [6.07, 6.45) is 2.65. The predicted octanol–water partition coefficient (Wildman–Crippen LogP) is 2.85. The van der Waals surface area contributed by atoms with Crippen molar-refractivity contribution >= 4 is 11.6 Å². The molecule has 1 heterocycles. The van der Waals surface area contributed by atoms with Gasteiger partial charge in [0.05, 0.1) is 16.8 Å². The van der Waals surface area contributed by atoms with Crippen molar-refractivity contribution in [1.29, 1.82) is 0 Å². The summed E-state index contributed by atoms with van der Waals surface area (Å²) in [5.41, 5.74) is 6.03. The van der Waals surface area contributed by atoms with Crippen LogP contribution in [-0.2, 0) is 6.42 Å². The molecule has 0 fully saturated rings. The van der Waals surface area contributed by atoms with Crippen molar-refractivity contribution in [2.75, 3.05) is 0 Å². The standard InChI is InChI=1S/C14H16ClN3/c1-2-10-3-5-11(6-4-10)14(18-16)13-8-7-12(15)9-17-13/h3-9,14,18H,2,16H2,1H3. The number of hydrogen-bond acceptors (Lipinski definition) is 3. The Morgan fingerprint density at radius 3 is 2.44 bits per heavy atom. The highest BCUT2D eigenvalue weighted by Gasteiger charge is 2.13. The molecule has 0 aliphatic carbocycles. The van der Waals surface area contributed by atoms with Crippen molar-refractivity contribution in [2.24, 2.45) is 5.84 Å². The highest BCUT2D eigenvalue weighted by Crippen LogP contribution is 2.21. The maximum atomic E-state index is 5.83. The number of aryl methyl sites for hydroxylation is 1. The summed E-state index contributed by atoms with van der Waals surface area (Å²) >= 11 is 5.83. The normalized spacial score (nSPS) is 12.4. The molecule has 1 unspecified atom stereocenters. The summed E-state index contributed by atoms with van der Waals surface area (Å²) in [6.45, 7) is 2.13. The number of hydrazine groups is 1. The van der Waals surface area contributed by atoms with Gasteiger partial charge in [-0.3, -0.25) is 10.8 Å². The second kappa shape index (κ2) is 5.96. The van der Waals surface area contributed by atoms with Gasteiger partial charge in [-0.2, -0.15) is 0 Å². The average Bonchev–Trinajstić information content (AvgIpc) is 2.42. The third kappa shape index (κ3) is 2.88. The molecule has 4 heteroatoms. The Balaban J connectivity index is 2.29. The maximum absolute atomic E-state index is 5.83. The zero-order valence-corrected chi connectivity index (χ0v) is 11.0. The Morgan fingerprint density at radius 2 is 1.94 bits per heavy atom. The molecule has 2 aromatic rings. The molecule has 0 radical (unpaired) electrons. The lowest BCUT2D eigenvalue weighted by molar-refractivity contribution is 0.620. The molecule has 94 valence electrons. The van der Waals surface area contributed by atoms with E-state index in [9.17, 15) is 0 Å². The third-order valence-corrected chi connectivity index (χ3v) is 3.16. The van der Waals surface area contributed by atoms with E-state index in [0.29, 0.717) is 5.02 Å². The van der Waals surface area contributed by atoms with Gasteiger partial charge in [-0.1, -0.05) is 42.8 Å². The molecule has 1 aromatic carbocycles. The second-order valence-electron chi connectivity index (χ2n) is 4.10. The number of hydrogen-bond donors (Lipinski definition) is 2. The Hall–Kier alpha value is -1.42. The molecule has 18 heavy (non-hydrogen) atoms. The minimum Gasteiger partial charge on any atom is -0.271 e. The molecule has 0 spiro atoms. The quantitative estimate of drug-likeness (QED) is 0.657. The fourth-order valence-corrected chi connectivity index (χ4v) is 1.97. The smallest absolute Gasteiger partial charge is 0.0881 e. The SMILES string of the molecule is CCc1ccc(C(NN)c2ccc(Cl)cn2)cc1. The number of aromatic nitrogens is 1. The van der Waals surface area contributed by atoms with Crippen molar-refractivity contribution in [3.63, 3.8) is 0 Å². The van der Waals surface area contributed by atoms with Gasteiger partial charge in [-0.15, -0.1) is 0 Å². The van der Waals surface area contributed by atoms with Crippen LogP contribution >= 0.6 is 11.6 Å². The van der Waals surface area contributed by atoms with Crippen molar-refractivity contribution in [3.05, 3.63) is 64.4 Å². The largest absolute Gasteiger partial charge is 0.271 e. The summed E-state index contributed by atoms with van der Waals surface area (Å²) in [7, 11) is 0. The Labute approximate surface area is 112 Å². The minimum atomic E-state index is -0.117. The third-order valence-electron chi connectivity index (χ3n) is 2.93. The average molecular weight is 262 g/mol. The maximum Gasteiger partial charge on any atom is 0.0881 e. The van der Waals surface area contributed by atoms with Crippen LogP contribution in [0.5, 0.6) is 0 Å². The van der Waals surface area contributed by atoms with Crippen LogP contribution in [0.1, 0.15) is 29.8 Å². The van der Waals surface area contributed by atoms with Gasteiger partial charge in [-0.05, 0) is 29.7 Å². The highest BCUT2D eigenvalue weighted by atomic mass is 35.5. The van der Waals surface area contributed by atoms with Crippen LogP contribution in [0.15, 0.2) is 42.6 Å². The van der Waals surface area contributed by atoms with Crippen LogP contribution < -0.4 is 11.3 Å². The van der Waals surface area contributed by atoms with Gasteiger partial charge >= 0.3 is 0 Å². The minimum absolute atomic E-state index is 0.117. The van der Waals surface area contributed by atoms with E-state index in [1.54, 1.807) is 6.20 Å².